The Morgan fingerprint density at radius 3 is 2.88 bits per heavy atom. The molecule has 25 heavy (non-hydrogen) atoms. The molecule has 0 radical (unpaired) electrons. The average molecular weight is 336 g/mol. The fourth-order valence-electron chi connectivity index (χ4n) is 3.18. The van der Waals surface area contributed by atoms with Gasteiger partial charge < -0.3 is 5.32 Å². The standard InChI is InChI=1S/C19H20N4O2/c1-12-8-9-20-16(10-12)18(13-6-7-13)21-17(24)11-23-19(25)14-4-2-3-5-15(14)22-23/h2-5,8-10,13,18,22H,6-7,11H2,1H3,(H,21,24)/t18-/m1/s1. The number of aromatic amines is 1. The predicted octanol–water partition coefficient (Wildman–Crippen LogP) is 2.30. The fraction of sp³-hybridized carbons (Fsp3) is 0.316. The molecule has 2 N–H and O–H groups in total. The van der Waals surface area contributed by atoms with E-state index in [1.54, 1.807) is 12.3 Å². The summed E-state index contributed by atoms with van der Waals surface area (Å²) in [4.78, 5) is 29.3. The minimum Gasteiger partial charge on any atom is -0.346 e. The van der Waals surface area contributed by atoms with Gasteiger partial charge in [0.2, 0.25) is 5.91 Å². The molecule has 1 amide bonds. The van der Waals surface area contributed by atoms with Gasteiger partial charge in [-0.05, 0) is 55.5 Å². The van der Waals surface area contributed by atoms with E-state index in [2.05, 4.69) is 15.4 Å². The van der Waals surface area contributed by atoms with Gasteiger partial charge in [0.1, 0.15) is 6.54 Å². The van der Waals surface area contributed by atoms with Crippen LogP contribution in [-0.4, -0.2) is 20.7 Å². The molecular formula is C19H20N4O2. The molecule has 1 fully saturated rings. The maximum absolute atomic E-state index is 12.5. The summed E-state index contributed by atoms with van der Waals surface area (Å²) in [6.45, 7) is 1.99. The molecule has 0 aliphatic heterocycles. The molecule has 1 atom stereocenters. The number of nitrogens with one attached hydrogen (secondary N) is 2. The van der Waals surface area contributed by atoms with Gasteiger partial charge in [0.25, 0.3) is 5.56 Å². The molecule has 2 heterocycles. The first-order valence-electron chi connectivity index (χ1n) is 8.51. The zero-order valence-corrected chi connectivity index (χ0v) is 14.0. The molecule has 0 unspecified atom stereocenters. The third-order valence-corrected chi connectivity index (χ3v) is 4.62. The van der Waals surface area contributed by atoms with Crippen LogP contribution in [0.15, 0.2) is 47.4 Å². The highest BCUT2D eigenvalue weighted by atomic mass is 16.2. The maximum Gasteiger partial charge on any atom is 0.274 e. The smallest absolute Gasteiger partial charge is 0.274 e. The van der Waals surface area contributed by atoms with Crippen LogP contribution in [0.5, 0.6) is 0 Å². The topological polar surface area (TPSA) is 79.8 Å². The van der Waals surface area contributed by atoms with Gasteiger partial charge in [0.15, 0.2) is 0 Å². The largest absolute Gasteiger partial charge is 0.346 e. The monoisotopic (exact) mass is 336 g/mol. The lowest BCUT2D eigenvalue weighted by Gasteiger charge is -2.18. The van der Waals surface area contributed by atoms with Gasteiger partial charge in [0.05, 0.1) is 22.6 Å². The summed E-state index contributed by atoms with van der Waals surface area (Å²) >= 11 is 0. The van der Waals surface area contributed by atoms with E-state index in [0.717, 1.165) is 29.6 Å². The number of nitrogens with zero attached hydrogens (tertiary/aromatic N) is 2. The highest BCUT2D eigenvalue weighted by molar-refractivity contribution is 5.79. The highest BCUT2D eigenvalue weighted by Crippen LogP contribution is 2.40. The SMILES string of the molecule is Cc1ccnc([C@H](NC(=O)Cn2[nH]c3ccccc3c2=O)C2CC2)c1. The number of aryl methyl sites for hydroxylation is 1. The number of hydrogen-bond acceptors (Lipinski definition) is 3. The van der Waals surface area contributed by atoms with Crippen LogP contribution in [0.4, 0.5) is 0 Å². The number of hydrogen-bond donors (Lipinski definition) is 2. The number of carbonyl (C=O) groups excluding carboxylic acids is 1. The molecule has 1 aromatic carbocycles. The van der Waals surface area contributed by atoms with Gasteiger partial charge in [-0.3, -0.25) is 19.7 Å². The van der Waals surface area contributed by atoms with Crippen molar-refractivity contribution >= 4 is 16.8 Å². The molecule has 128 valence electrons. The van der Waals surface area contributed by atoms with Gasteiger partial charge >= 0.3 is 0 Å². The van der Waals surface area contributed by atoms with Gasteiger partial charge in [0, 0.05) is 6.20 Å². The molecule has 2 aromatic heterocycles. The van der Waals surface area contributed by atoms with E-state index in [-0.39, 0.29) is 24.1 Å². The van der Waals surface area contributed by atoms with Crippen molar-refractivity contribution < 1.29 is 4.79 Å². The van der Waals surface area contributed by atoms with Crippen LogP contribution >= 0.6 is 0 Å². The van der Waals surface area contributed by atoms with Crippen molar-refractivity contribution in [3.63, 3.8) is 0 Å². The molecule has 3 aromatic rings. The van der Waals surface area contributed by atoms with Gasteiger partial charge in [-0.15, -0.1) is 0 Å². The molecular weight excluding hydrogens is 316 g/mol. The van der Waals surface area contributed by atoms with Crippen molar-refractivity contribution in [3.8, 4) is 0 Å². The molecule has 4 rings (SSSR count). The first-order chi connectivity index (χ1) is 12.1. The van der Waals surface area contributed by atoms with E-state index in [1.807, 2.05) is 37.3 Å². The van der Waals surface area contributed by atoms with E-state index in [1.165, 1.54) is 4.68 Å². The highest BCUT2D eigenvalue weighted by Gasteiger charge is 2.34. The molecule has 1 saturated carbocycles. The fourth-order valence-corrected chi connectivity index (χ4v) is 3.18. The summed E-state index contributed by atoms with van der Waals surface area (Å²) < 4.78 is 1.35. The number of carbonyl (C=O) groups is 1. The second-order valence-corrected chi connectivity index (χ2v) is 6.69. The zero-order chi connectivity index (χ0) is 17.4. The summed E-state index contributed by atoms with van der Waals surface area (Å²) in [5.41, 5.74) is 2.57. The molecule has 0 bridgehead atoms. The minimum absolute atomic E-state index is 0.0252. The lowest BCUT2D eigenvalue weighted by atomic mass is 10.1. The van der Waals surface area contributed by atoms with Crippen LogP contribution in [-0.2, 0) is 11.3 Å². The van der Waals surface area contributed by atoms with Crippen molar-refractivity contribution in [2.45, 2.75) is 32.4 Å². The Bertz CT molecular complexity index is 984. The molecule has 0 saturated heterocycles. The molecule has 6 nitrogen and oxygen atoms in total. The summed E-state index contributed by atoms with van der Waals surface area (Å²) in [5, 5.41) is 6.64. The van der Waals surface area contributed by atoms with Crippen molar-refractivity contribution in [1.82, 2.24) is 20.1 Å². The Balaban J connectivity index is 1.54. The van der Waals surface area contributed by atoms with Crippen molar-refractivity contribution in [2.75, 3.05) is 0 Å². The summed E-state index contributed by atoms with van der Waals surface area (Å²) in [5.74, 6) is 0.242. The number of amides is 1. The Hall–Kier alpha value is -2.89. The van der Waals surface area contributed by atoms with Crippen LogP contribution < -0.4 is 10.9 Å². The first-order valence-corrected chi connectivity index (χ1v) is 8.51. The summed E-state index contributed by atoms with van der Waals surface area (Å²) in [6, 6.07) is 11.1. The number of fused-ring (bicyclic) bond motifs is 1. The summed E-state index contributed by atoms with van der Waals surface area (Å²) in [7, 11) is 0. The van der Waals surface area contributed by atoms with E-state index in [0.29, 0.717) is 11.3 Å². The van der Waals surface area contributed by atoms with E-state index in [9.17, 15) is 9.59 Å². The van der Waals surface area contributed by atoms with Crippen LogP contribution in [0.3, 0.4) is 0 Å². The first kappa shape index (κ1) is 15.6. The number of para-hydroxylation sites is 1. The Morgan fingerprint density at radius 1 is 1.36 bits per heavy atom. The second kappa shape index (κ2) is 6.20. The molecule has 0 spiro atoms. The third kappa shape index (κ3) is 3.20. The average Bonchev–Trinajstić information content (AvgIpc) is 3.39. The number of pyridine rings is 1. The quantitative estimate of drug-likeness (QED) is 0.750. The second-order valence-electron chi connectivity index (χ2n) is 6.69. The Labute approximate surface area is 144 Å². The van der Waals surface area contributed by atoms with Crippen LogP contribution in [0.2, 0.25) is 0 Å². The van der Waals surface area contributed by atoms with Crippen molar-refractivity contribution in [1.29, 1.82) is 0 Å². The van der Waals surface area contributed by atoms with E-state index >= 15 is 0 Å². The third-order valence-electron chi connectivity index (χ3n) is 4.62. The van der Waals surface area contributed by atoms with Gasteiger partial charge in [-0.25, -0.2) is 4.68 Å². The lowest BCUT2D eigenvalue weighted by Crippen LogP contribution is -2.35. The number of benzene rings is 1. The van der Waals surface area contributed by atoms with Crippen LogP contribution in [0, 0.1) is 12.8 Å². The minimum atomic E-state index is -0.186. The van der Waals surface area contributed by atoms with Crippen molar-refractivity contribution in [2.24, 2.45) is 5.92 Å². The van der Waals surface area contributed by atoms with Crippen LogP contribution in [0.1, 0.15) is 30.1 Å². The van der Waals surface area contributed by atoms with Gasteiger partial charge in [-0.2, -0.15) is 0 Å². The Kier molecular flexibility index (Phi) is 3.87. The molecule has 6 heteroatoms. The molecule has 1 aliphatic carbocycles. The van der Waals surface area contributed by atoms with E-state index in [4.69, 9.17) is 0 Å². The predicted molar refractivity (Wildman–Crippen MR) is 95.1 cm³/mol. The Morgan fingerprint density at radius 2 is 2.16 bits per heavy atom. The molecule has 1 aliphatic rings. The number of rotatable bonds is 5. The summed E-state index contributed by atoms with van der Waals surface area (Å²) in [6.07, 6.45) is 3.95. The zero-order valence-electron chi connectivity index (χ0n) is 14.0. The van der Waals surface area contributed by atoms with Crippen molar-refractivity contribution in [3.05, 3.63) is 64.2 Å². The number of aromatic nitrogens is 3. The number of H-pyrrole nitrogens is 1. The van der Waals surface area contributed by atoms with E-state index < -0.39 is 0 Å². The normalized spacial score (nSPS) is 15.2. The van der Waals surface area contributed by atoms with Crippen LogP contribution in [0.25, 0.3) is 10.9 Å². The lowest BCUT2D eigenvalue weighted by molar-refractivity contribution is -0.122. The maximum atomic E-state index is 12.5. The van der Waals surface area contributed by atoms with Gasteiger partial charge in [-0.1, -0.05) is 12.1 Å².